The number of hydrogen-bond donors (Lipinski definition) is 1. The maximum Gasteiger partial charge on any atom is 0.129 e. The second-order valence-corrected chi connectivity index (χ2v) is 5.28. The van der Waals surface area contributed by atoms with E-state index in [4.69, 9.17) is 0 Å². The zero-order valence-electron chi connectivity index (χ0n) is 11.5. The van der Waals surface area contributed by atoms with Gasteiger partial charge in [-0.1, -0.05) is 0 Å². The zero-order chi connectivity index (χ0) is 13.1. The minimum atomic E-state index is -0.434. The zero-order valence-corrected chi connectivity index (χ0v) is 11.5. The highest BCUT2D eigenvalue weighted by Gasteiger charge is 2.21. The summed E-state index contributed by atoms with van der Waals surface area (Å²) in [5.74, 6) is 0.983. The first-order valence-corrected chi connectivity index (χ1v) is 6.67. The Bertz CT molecular complexity index is 394. The summed E-state index contributed by atoms with van der Waals surface area (Å²) in [6.45, 7) is 7.25. The minimum Gasteiger partial charge on any atom is -0.389 e. The number of nitrogens with zero attached hydrogens (tertiary/aromatic N) is 3. The molecular formula is C14H23N3O. The Morgan fingerprint density at radius 2 is 2.22 bits per heavy atom. The highest BCUT2D eigenvalue weighted by Crippen LogP contribution is 2.21. The smallest absolute Gasteiger partial charge is 0.129 e. The molecule has 4 nitrogen and oxygen atoms in total. The number of rotatable bonds is 2. The number of aromatic nitrogens is 1. The molecule has 4 heteroatoms. The molecule has 1 aromatic rings. The average Bonchev–Trinajstić information content (AvgIpc) is 2.50. The second-order valence-electron chi connectivity index (χ2n) is 5.28. The van der Waals surface area contributed by atoms with Crippen LogP contribution in [0.5, 0.6) is 0 Å². The lowest BCUT2D eigenvalue weighted by molar-refractivity contribution is 0.199. The lowest BCUT2D eigenvalue weighted by Crippen LogP contribution is -2.38. The van der Waals surface area contributed by atoms with E-state index in [0.29, 0.717) is 6.04 Å². The van der Waals surface area contributed by atoms with Crippen molar-refractivity contribution in [2.45, 2.75) is 32.4 Å². The Hall–Kier alpha value is -1.13. The molecule has 0 saturated carbocycles. The van der Waals surface area contributed by atoms with Gasteiger partial charge >= 0.3 is 0 Å². The number of aliphatic hydroxyl groups excluding tert-OH is 1. The molecule has 1 unspecified atom stereocenters. The molecule has 2 rings (SSSR count). The van der Waals surface area contributed by atoms with Gasteiger partial charge in [0.1, 0.15) is 5.82 Å². The van der Waals surface area contributed by atoms with Gasteiger partial charge in [-0.3, -0.25) is 0 Å². The number of hydrogen-bond acceptors (Lipinski definition) is 4. The SMILES string of the molecule is CC1CN(C)CCCN1c1cc([C@H](C)O)ccn1. The van der Waals surface area contributed by atoms with E-state index in [1.807, 2.05) is 12.1 Å². The van der Waals surface area contributed by atoms with Crippen LogP contribution in [0, 0.1) is 0 Å². The van der Waals surface area contributed by atoms with Crippen molar-refractivity contribution in [2.75, 3.05) is 31.6 Å². The van der Waals surface area contributed by atoms with Crippen LogP contribution < -0.4 is 4.90 Å². The lowest BCUT2D eigenvalue weighted by atomic mass is 10.1. The average molecular weight is 249 g/mol. The maximum atomic E-state index is 9.66. The highest BCUT2D eigenvalue weighted by atomic mass is 16.3. The van der Waals surface area contributed by atoms with E-state index in [-0.39, 0.29) is 0 Å². The Morgan fingerprint density at radius 3 is 2.94 bits per heavy atom. The molecule has 0 bridgehead atoms. The van der Waals surface area contributed by atoms with Gasteiger partial charge in [0.05, 0.1) is 6.10 Å². The summed E-state index contributed by atoms with van der Waals surface area (Å²) in [5, 5.41) is 9.66. The normalized spacial score (nSPS) is 23.8. The molecule has 0 spiro atoms. The Balaban J connectivity index is 2.21. The lowest BCUT2D eigenvalue weighted by Gasteiger charge is -2.29. The molecule has 1 saturated heterocycles. The maximum absolute atomic E-state index is 9.66. The first-order chi connectivity index (χ1) is 8.58. The van der Waals surface area contributed by atoms with Crippen molar-refractivity contribution in [3.05, 3.63) is 23.9 Å². The van der Waals surface area contributed by atoms with E-state index in [1.54, 1.807) is 13.1 Å². The molecule has 0 aromatic carbocycles. The van der Waals surface area contributed by atoms with Gasteiger partial charge in [-0.25, -0.2) is 4.98 Å². The predicted octanol–water partition coefficient (Wildman–Crippen LogP) is 1.67. The van der Waals surface area contributed by atoms with E-state index >= 15 is 0 Å². The second kappa shape index (κ2) is 5.67. The molecule has 1 aromatic heterocycles. The van der Waals surface area contributed by atoms with Gasteiger partial charge in [-0.05, 0) is 51.6 Å². The Morgan fingerprint density at radius 1 is 1.44 bits per heavy atom. The fraction of sp³-hybridized carbons (Fsp3) is 0.643. The van der Waals surface area contributed by atoms with E-state index in [0.717, 1.165) is 37.4 Å². The van der Waals surface area contributed by atoms with Crippen molar-refractivity contribution in [3.63, 3.8) is 0 Å². The number of likely N-dealkylation sites (N-methyl/N-ethyl adjacent to an activating group) is 1. The predicted molar refractivity (Wildman–Crippen MR) is 73.8 cm³/mol. The summed E-state index contributed by atoms with van der Waals surface area (Å²) < 4.78 is 0. The largest absolute Gasteiger partial charge is 0.389 e. The molecule has 1 aliphatic rings. The van der Waals surface area contributed by atoms with Crippen molar-refractivity contribution in [1.29, 1.82) is 0 Å². The summed E-state index contributed by atoms with van der Waals surface area (Å²) >= 11 is 0. The molecule has 1 aliphatic heterocycles. The highest BCUT2D eigenvalue weighted by molar-refractivity contribution is 5.42. The molecule has 1 fully saturated rings. The summed E-state index contributed by atoms with van der Waals surface area (Å²) in [6, 6.07) is 4.34. The van der Waals surface area contributed by atoms with Gasteiger partial charge in [0.15, 0.2) is 0 Å². The van der Waals surface area contributed by atoms with Gasteiger partial charge in [-0.15, -0.1) is 0 Å². The third-order valence-corrected chi connectivity index (χ3v) is 3.59. The molecule has 0 amide bonds. The monoisotopic (exact) mass is 249 g/mol. The van der Waals surface area contributed by atoms with Crippen LogP contribution in [0.3, 0.4) is 0 Å². The molecule has 0 radical (unpaired) electrons. The van der Waals surface area contributed by atoms with Crippen LogP contribution in [-0.4, -0.2) is 47.7 Å². The fourth-order valence-electron chi connectivity index (χ4n) is 2.56. The fourth-order valence-corrected chi connectivity index (χ4v) is 2.56. The third-order valence-electron chi connectivity index (χ3n) is 3.59. The summed E-state index contributed by atoms with van der Waals surface area (Å²) in [6.07, 6.45) is 2.51. The first kappa shape index (κ1) is 13.3. The van der Waals surface area contributed by atoms with Gasteiger partial charge in [-0.2, -0.15) is 0 Å². The molecule has 100 valence electrons. The van der Waals surface area contributed by atoms with Crippen molar-refractivity contribution in [2.24, 2.45) is 0 Å². The Labute approximate surface area is 109 Å². The molecule has 1 N–H and O–H groups in total. The summed E-state index contributed by atoms with van der Waals surface area (Å²) in [4.78, 5) is 9.17. The third kappa shape index (κ3) is 3.00. The van der Waals surface area contributed by atoms with Crippen LogP contribution in [0.25, 0.3) is 0 Å². The van der Waals surface area contributed by atoms with E-state index < -0.39 is 6.10 Å². The van der Waals surface area contributed by atoms with E-state index in [2.05, 4.69) is 28.8 Å². The van der Waals surface area contributed by atoms with Gasteiger partial charge in [0, 0.05) is 25.3 Å². The molecule has 18 heavy (non-hydrogen) atoms. The summed E-state index contributed by atoms with van der Waals surface area (Å²) in [5.41, 5.74) is 0.935. The van der Waals surface area contributed by atoms with Gasteiger partial charge in [0.2, 0.25) is 0 Å². The standard InChI is InChI=1S/C14H23N3O/c1-11-10-16(3)7-4-8-17(11)14-9-13(12(2)18)5-6-15-14/h5-6,9,11-12,18H,4,7-8,10H2,1-3H3/t11?,12-/m0/s1. The number of aliphatic hydroxyl groups is 1. The minimum absolute atomic E-state index is 0.434. The quantitative estimate of drug-likeness (QED) is 0.865. The molecular weight excluding hydrogens is 226 g/mol. The first-order valence-electron chi connectivity index (χ1n) is 6.67. The molecule has 0 aliphatic carbocycles. The van der Waals surface area contributed by atoms with Crippen molar-refractivity contribution in [1.82, 2.24) is 9.88 Å². The number of pyridine rings is 1. The molecule has 2 atom stereocenters. The van der Waals surface area contributed by atoms with Crippen molar-refractivity contribution < 1.29 is 5.11 Å². The van der Waals surface area contributed by atoms with Crippen LogP contribution in [-0.2, 0) is 0 Å². The van der Waals surface area contributed by atoms with E-state index in [1.165, 1.54) is 0 Å². The van der Waals surface area contributed by atoms with Crippen molar-refractivity contribution in [3.8, 4) is 0 Å². The van der Waals surface area contributed by atoms with Crippen molar-refractivity contribution >= 4 is 5.82 Å². The Kier molecular flexibility index (Phi) is 4.19. The van der Waals surface area contributed by atoms with Crippen LogP contribution >= 0.6 is 0 Å². The van der Waals surface area contributed by atoms with Crippen LogP contribution in [0.1, 0.15) is 31.9 Å². The number of anilines is 1. The van der Waals surface area contributed by atoms with Gasteiger partial charge in [0.25, 0.3) is 0 Å². The van der Waals surface area contributed by atoms with Gasteiger partial charge < -0.3 is 14.9 Å². The summed E-state index contributed by atoms with van der Waals surface area (Å²) in [7, 11) is 2.17. The molecule has 2 heterocycles. The topological polar surface area (TPSA) is 39.6 Å². The van der Waals surface area contributed by atoms with Crippen LogP contribution in [0.2, 0.25) is 0 Å². The van der Waals surface area contributed by atoms with E-state index in [9.17, 15) is 5.11 Å². The van der Waals surface area contributed by atoms with Crippen LogP contribution in [0.15, 0.2) is 18.3 Å². The van der Waals surface area contributed by atoms with Crippen LogP contribution in [0.4, 0.5) is 5.82 Å².